The highest BCUT2D eigenvalue weighted by Crippen LogP contribution is 2.27. The molecule has 4 nitrogen and oxygen atoms in total. The Bertz CT molecular complexity index is 739. The third-order valence-electron chi connectivity index (χ3n) is 4.96. The third kappa shape index (κ3) is 6.91. The molecule has 0 saturated carbocycles. The Morgan fingerprint density at radius 3 is 2.25 bits per heavy atom. The third-order valence-corrected chi connectivity index (χ3v) is 4.96. The number of rotatable bonds is 12. The van der Waals surface area contributed by atoms with Crippen molar-refractivity contribution in [1.29, 1.82) is 0 Å². The molecule has 0 bridgehead atoms. The van der Waals surface area contributed by atoms with Gasteiger partial charge in [0.2, 0.25) is 0 Å². The van der Waals surface area contributed by atoms with E-state index in [-0.39, 0.29) is 11.5 Å². The molecule has 28 heavy (non-hydrogen) atoms. The molecule has 0 spiro atoms. The van der Waals surface area contributed by atoms with Gasteiger partial charge in [-0.05, 0) is 30.4 Å². The predicted molar refractivity (Wildman–Crippen MR) is 114 cm³/mol. The van der Waals surface area contributed by atoms with Crippen molar-refractivity contribution < 1.29 is 9.90 Å². The second-order valence-corrected chi connectivity index (χ2v) is 7.27. The normalized spacial score (nSPS) is 12.7. The van der Waals surface area contributed by atoms with Gasteiger partial charge in [0.1, 0.15) is 5.57 Å². The molecule has 0 aliphatic heterocycles. The van der Waals surface area contributed by atoms with Crippen LogP contribution in [0.4, 0.5) is 0 Å². The van der Waals surface area contributed by atoms with Crippen LogP contribution in [0, 0.1) is 0 Å². The first-order valence-corrected chi connectivity index (χ1v) is 10.5. The van der Waals surface area contributed by atoms with Gasteiger partial charge >= 0.3 is 5.97 Å². The first-order valence-electron chi connectivity index (χ1n) is 10.5. The van der Waals surface area contributed by atoms with Crippen molar-refractivity contribution in [1.82, 2.24) is 9.97 Å². The summed E-state index contributed by atoms with van der Waals surface area (Å²) in [6.45, 7) is 4.35. The van der Waals surface area contributed by atoms with E-state index in [0.717, 1.165) is 49.7 Å². The highest BCUT2D eigenvalue weighted by Gasteiger charge is 2.18. The fourth-order valence-corrected chi connectivity index (χ4v) is 3.31. The number of hydrogen-bond acceptors (Lipinski definition) is 3. The van der Waals surface area contributed by atoms with Crippen LogP contribution in [-0.2, 0) is 11.2 Å². The highest BCUT2D eigenvalue weighted by atomic mass is 16.4. The molecule has 0 aliphatic carbocycles. The van der Waals surface area contributed by atoms with Gasteiger partial charge in [-0.3, -0.25) is 0 Å². The Balaban J connectivity index is 2.25. The molecule has 4 heteroatoms. The minimum atomic E-state index is -0.977. The van der Waals surface area contributed by atoms with Gasteiger partial charge in [-0.15, -0.1) is 0 Å². The van der Waals surface area contributed by atoms with Crippen molar-refractivity contribution in [3.63, 3.8) is 0 Å². The number of carboxylic acid groups (broad SMARTS) is 1. The minimum absolute atomic E-state index is 0.0479. The lowest BCUT2D eigenvalue weighted by atomic mass is 9.91. The Kier molecular flexibility index (Phi) is 9.40. The van der Waals surface area contributed by atoms with Crippen molar-refractivity contribution in [2.24, 2.45) is 0 Å². The number of hydrogen-bond donors (Lipinski definition) is 1. The molecule has 0 saturated heterocycles. The Hall–Kier alpha value is -2.49. The monoisotopic (exact) mass is 380 g/mol. The molecule has 0 radical (unpaired) electrons. The number of unbranched alkanes of at least 4 members (excludes halogenated alkanes) is 4. The van der Waals surface area contributed by atoms with Gasteiger partial charge in [-0.25, -0.2) is 14.8 Å². The average molecular weight is 381 g/mol. The maximum absolute atomic E-state index is 11.9. The molecule has 1 N–H and O–H groups in total. The van der Waals surface area contributed by atoms with Gasteiger partial charge in [-0.1, -0.05) is 82.4 Å². The number of carboxylic acids is 1. The molecule has 0 fully saturated rings. The molecule has 2 aromatic rings. The molecule has 1 aromatic carbocycles. The summed E-state index contributed by atoms with van der Waals surface area (Å²) in [5, 5.41) is 9.79. The largest absolute Gasteiger partial charge is 0.478 e. The molecular formula is C24H32N2O2. The van der Waals surface area contributed by atoms with Gasteiger partial charge in [0.15, 0.2) is 5.82 Å². The maximum Gasteiger partial charge on any atom is 0.339 e. The van der Waals surface area contributed by atoms with Crippen molar-refractivity contribution in [2.45, 2.75) is 71.1 Å². The lowest BCUT2D eigenvalue weighted by Gasteiger charge is -2.15. The first-order chi connectivity index (χ1) is 13.7. The predicted octanol–water partition coefficient (Wildman–Crippen LogP) is 6.04. The van der Waals surface area contributed by atoms with Crippen LogP contribution in [0.15, 0.2) is 48.8 Å². The van der Waals surface area contributed by atoms with Crippen LogP contribution in [0.5, 0.6) is 0 Å². The number of allylic oxidation sites excluding steroid dienone is 1. The Morgan fingerprint density at radius 1 is 1.00 bits per heavy atom. The fraction of sp³-hybridized carbons (Fsp3) is 0.458. The molecule has 1 heterocycles. The van der Waals surface area contributed by atoms with Crippen molar-refractivity contribution in [2.75, 3.05) is 0 Å². The van der Waals surface area contributed by atoms with Gasteiger partial charge in [0.25, 0.3) is 0 Å². The van der Waals surface area contributed by atoms with Crippen molar-refractivity contribution in [3.8, 4) is 0 Å². The van der Waals surface area contributed by atoms with Crippen LogP contribution >= 0.6 is 0 Å². The van der Waals surface area contributed by atoms with Crippen molar-refractivity contribution in [3.05, 3.63) is 65.8 Å². The first kappa shape index (κ1) is 21.8. The number of aryl methyl sites for hydroxylation is 1. The topological polar surface area (TPSA) is 63.1 Å². The van der Waals surface area contributed by atoms with Crippen LogP contribution in [-0.4, -0.2) is 21.0 Å². The Morgan fingerprint density at radius 2 is 1.64 bits per heavy atom. The second kappa shape index (κ2) is 12.1. The molecule has 150 valence electrons. The van der Waals surface area contributed by atoms with Crippen LogP contribution < -0.4 is 0 Å². The summed E-state index contributed by atoms with van der Waals surface area (Å²) in [5.41, 5.74) is 2.38. The zero-order chi connectivity index (χ0) is 20.2. The van der Waals surface area contributed by atoms with Crippen LogP contribution in [0.25, 0.3) is 5.57 Å². The van der Waals surface area contributed by atoms with E-state index in [0.29, 0.717) is 5.82 Å². The van der Waals surface area contributed by atoms with Crippen LogP contribution in [0.1, 0.15) is 81.7 Å². The highest BCUT2D eigenvalue weighted by molar-refractivity contribution is 6.14. The quantitative estimate of drug-likeness (QED) is 0.360. The van der Waals surface area contributed by atoms with Gasteiger partial charge in [0.05, 0.1) is 0 Å². The standard InChI is InChI=1S/C24H32N2O2/c1-3-5-8-12-19-17-25-23(26-18-19)22(24(27)28)16-21(15-9-6-4-2)20-13-10-7-11-14-20/h7,10-11,13-14,16-18,21H,3-6,8-9,12,15H2,1-2H3,(H,27,28)/b22-16+. The summed E-state index contributed by atoms with van der Waals surface area (Å²) in [7, 11) is 0. The maximum atomic E-state index is 11.9. The zero-order valence-electron chi connectivity index (χ0n) is 17.1. The van der Waals surface area contributed by atoms with E-state index in [1.807, 2.05) is 24.3 Å². The molecule has 2 rings (SSSR count). The summed E-state index contributed by atoms with van der Waals surface area (Å²) in [6.07, 6.45) is 14.0. The van der Waals surface area contributed by atoms with E-state index in [2.05, 4.69) is 35.9 Å². The molecule has 1 aromatic heterocycles. The number of nitrogens with zero attached hydrogens (tertiary/aromatic N) is 2. The van der Waals surface area contributed by atoms with E-state index in [1.54, 1.807) is 12.4 Å². The smallest absolute Gasteiger partial charge is 0.339 e. The van der Waals surface area contributed by atoms with Gasteiger partial charge < -0.3 is 5.11 Å². The van der Waals surface area contributed by atoms with Gasteiger partial charge in [-0.2, -0.15) is 0 Å². The van der Waals surface area contributed by atoms with E-state index in [4.69, 9.17) is 0 Å². The lowest BCUT2D eigenvalue weighted by Crippen LogP contribution is -2.07. The average Bonchev–Trinajstić information content (AvgIpc) is 2.72. The molecule has 1 unspecified atom stereocenters. The van der Waals surface area contributed by atoms with E-state index in [9.17, 15) is 9.90 Å². The zero-order valence-corrected chi connectivity index (χ0v) is 17.1. The SMILES string of the molecule is CCCCCc1cnc(/C(=C\C(CCCCC)c2ccccc2)C(=O)O)nc1. The van der Waals surface area contributed by atoms with Crippen molar-refractivity contribution >= 4 is 11.5 Å². The summed E-state index contributed by atoms with van der Waals surface area (Å²) >= 11 is 0. The fourth-order valence-electron chi connectivity index (χ4n) is 3.31. The van der Waals surface area contributed by atoms with Gasteiger partial charge in [0, 0.05) is 18.3 Å². The van der Waals surface area contributed by atoms with E-state index in [1.165, 1.54) is 12.8 Å². The number of benzene rings is 1. The summed E-state index contributed by atoms with van der Waals surface area (Å²) in [6, 6.07) is 10.1. The van der Waals surface area contributed by atoms with E-state index < -0.39 is 5.97 Å². The molecule has 0 aliphatic rings. The number of aliphatic carboxylic acids is 1. The number of carbonyl (C=O) groups is 1. The van der Waals surface area contributed by atoms with Crippen LogP contribution in [0.2, 0.25) is 0 Å². The summed E-state index contributed by atoms with van der Waals surface area (Å²) in [4.78, 5) is 20.7. The Labute approximate surface area is 168 Å². The van der Waals surface area contributed by atoms with E-state index >= 15 is 0 Å². The second-order valence-electron chi connectivity index (χ2n) is 7.27. The summed E-state index contributed by atoms with van der Waals surface area (Å²) in [5.74, 6) is -0.634. The van der Waals surface area contributed by atoms with Crippen LogP contribution in [0.3, 0.4) is 0 Å². The summed E-state index contributed by atoms with van der Waals surface area (Å²) < 4.78 is 0. The molecular weight excluding hydrogens is 348 g/mol. The minimum Gasteiger partial charge on any atom is -0.478 e. The number of aromatic nitrogens is 2. The lowest BCUT2D eigenvalue weighted by molar-refractivity contribution is -0.130. The molecule has 0 amide bonds. The molecule has 1 atom stereocenters.